The number of hydrogen-bond acceptors (Lipinski definition) is 10. The third kappa shape index (κ3) is 7.52. The highest BCUT2D eigenvalue weighted by Crippen LogP contribution is 2.32. The highest BCUT2D eigenvalue weighted by atomic mass is 19.2. The first-order valence-corrected chi connectivity index (χ1v) is 14.4. The van der Waals surface area contributed by atoms with Crippen LogP contribution in [0.15, 0.2) is 48.5 Å². The molecule has 3 N–H and O–H groups in total. The molecule has 2 aromatic carbocycles. The van der Waals surface area contributed by atoms with Crippen molar-refractivity contribution in [2.24, 2.45) is 0 Å². The molecule has 0 saturated carbocycles. The quantitative estimate of drug-likeness (QED) is 0.262. The van der Waals surface area contributed by atoms with Crippen molar-refractivity contribution in [3.8, 4) is 11.6 Å². The average Bonchev–Trinajstić information content (AvgIpc) is 3.56. The fourth-order valence-corrected chi connectivity index (χ4v) is 5.24. The number of aliphatic hydroxyl groups excluding tert-OH is 1. The number of aromatic nitrogens is 2. The second-order valence-corrected chi connectivity index (χ2v) is 10.7. The zero-order valence-corrected chi connectivity index (χ0v) is 24.9. The van der Waals surface area contributed by atoms with Gasteiger partial charge in [-0.15, -0.1) is 5.10 Å². The van der Waals surface area contributed by atoms with Gasteiger partial charge in [0.15, 0.2) is 18.0 Å². The van der Waals surface area contributed by atoms with Gasteiger partial charge in [0, 0.05) is 33.7 Å². The number of nitrogens with one attached hydrogen (secondary N) is 2. The van der Waals surface area contributed by atoms with E-state index in [-0.39, 0.29) is 18.6 Å². The van der Waals surface area contributed by atoms with Crippen molar-refractivity contribution in [2.45, 2.75) is 38.4 Å². The Hall–Kier alpha value is -3.66. The molecule has 3 heterocycles. The minimum Gasteiger partial charge on any atom is -0.474 e. The van der Waals surface area contributed by atoms with E-state index in [0.717, 1.165) is 17.8 Å². The number of rotatable bonds is 12. The number of aliphatic hydroxyl groups is 1. The third-order valence-electron chi connectivity index (χ3n) is 7.56. The van der Waals surface area contributed by atoms with E-state index in [1.54, 1.807) is 21.8 Å². The van der Waals surface area contributed by atoms with Gasteiger partial charge in [-0.25, -0.2) is 13.5 Å². The summed E-state index contributed by atoms with van der Waals surface area (Å²) in [4.78, 5) is 19.6. The second kappa shape index (κ2) is 14.4. The number of hydroxylamine groups is 2. The summed E-state index contributed by atoms with van der Waals surface area (Å²) in [5, 5.41) is 23.7. The van der Waals surface area contributed by atoms with Crippen molar-refractivity contribution in [3.05, 3.63) is 71.3 Å². The summed E-state index contributed by atoms with van der Waals surface area (Å²) in [6.45, 7) is 6.10. The van der Waals surface area contributed by atoms with Crippen molar-refractivity contribution < 1.29 is 37.7 Å². The number of anilines is 1. The third-order valence-corrected chi connectivity index (χ3v) is 7.56. The Labute approximate surface area is 254 Å². The molecule has 1 aromatic heterocycles. The number of methoxy groups -OCH3 is 1. The number of amides is 1. The molecule has 12 nitrogen and oxygen atoms in total. The minimum atomic E-state index is -1.30. The molecule has 1 amide bonds. The van der Waals surface area contributed by atoms with Crippen molar-refractivity contribution >= 4 is 11.7 Å². The van der Waals surface area contributed by atoms with Gasteiger partial charge in [-0.1, -0.05) is 24.3 Å². The van der Waals surface area contributed by atoms with E-state index in [9.17, 15) is 18.7 Å². The molecule has 238 valence electrons. The summed E-state index contributed by atoms with van der Waals surface area (Å²) in [6.07, 6.45) is -2.31. The molecule has 14 heteroatoms. The van der Waals surface area contributed by atoms with Crippen LogP contribution in [0, 0.1) is 18.6 Å². The summed E-state index contributed by atoms with van der Waals surface area (Å²) in [5.41, 5.74) is 1.78. The molecule has 2 aliphatic heterocycles. The van der Waals surface area contributed by atoms with Crippen LogP contribution in [0.3, 0.4) is 0 Å². The molecular formula is C30H38F2N6O6. The molecule has 44 heavy (non-hydrogen) atoms. The van der Waals surface area contributed by atoms with Crippen LogP contribution in [0.2, 0.25) is 0 Å². The molecular weight excluding hydrogens is 578 g/mol. The number of ether oxygens (including phenoxy) is 3. The lowest BCUT2D eigenvalue weighted by atomic mass is 10.0. The maximum Gasteiger partial charge on any atom is 0.238 e. The maximum absolute atomic E-state index is 14.1. The van der Waals surface area contributed by atoms with E-state index >= 15 is 0 Å². The summed E-state index contributed by atoms with van der Waals surface area (Å²) in [5.74, 6) is -1.15. The molecule has 0 aliphatic carbocycles. The van der Waals surface area contributed by atoms with Gasteiger partial charge in [-0.2, -0.15) is 5.06 Å². The number of hydrogen-bond donors (Lipinski definition) is 3. The van der Waals surface area contributed by atoms with Gasteiger partial charge >= 0.3 is 0 Å². The molecule has 2 aliphatic rings. The number of halogens is 2. The van der Waals surface area contributed by atoms with Crippen LogP contribution in [0.25, 0.3) is 5.69 Å². The van der Waals surface area contributed by atoms with Crippen LogP contribution in [-0.4, -0.2) is 102 Å². The summed E-state index contributed by atoms with van der Waals surface area (Å²) in [7, 11) is 1.57. The Morgan fingerprint density at radius 2 is 1.98 bits per heavy atom. The van der Waals surface area contributed by atoms with Gasteiger partial charge in [0.05, 0.1) is 37.1 Å². The fraction of sp³-hybridized carbons (Fsp3) is 0.467. The number of carbonyl (C=O) groups is 1. The molecule has 2 saturated heterocycles. The van der Waals surface area contributed by atoms with Crippen molar-refractivity contribution in [1.29, 1.82) is 0 Å². The van der Waals surface area contributed by atoms with Gasteiger partial charge < -0.3 is 29.5 Å². The zero-order chi connectivity index (χ0) is 31.2. The highest BCUT2D eigenvalue weighted by molar-refractivity contribution is 5.73. The molecule has 4 atom stereocenters. The standard InChI is InChI=1S/C30H38F2N6O6/c1-19-28(34-30(40)33-26-17-37(12-13-41-3)44-27(26)21-9-10-24(31)25(32)15-21)38(22-7-5-4-6-8-22)35-29(19)43-18-23-16-36(20(2)39)11-14-42-23/h4-10,15,23,26-27,30,33-34,40H,11-14,16-18H2,1-3H3/t23?,26-,27+,30?/m1/s1. The maximum atomic E-state index is 14.1. The topological polar surface area (TPSA) is 123 Å². The first kappa shape index (κ1) is 31.8. The largest absolute Gasteiger partial charge is 0.474 e. The normalized spacial score (nSPS) is 21.4. The molecule has 0 spiro atoms. The van der Waals surface area contributed by atoms with E-state index in [2.05, 4.69) is 15.7 Å². The first-order valence-electron chi connectivity index (χ1n) is 14.4. The SMILES string of the molecule is COCCN1C[C@@H](NC(O)Nc2c(C)c(OCC3CN(C(C)=O)CCO3)nn2-c2ccccc2)[C@H](c2ccc(F)c(F)c2)O1. The van der Waals surface area contributed by atoms with Crippen molar-refractivity contribution in [2.75, 3.05) is 58.4 Å². The van der Waals surface area contributed by atoms with Crippen LogP contribution < -0.4 is 15.4 Å². The van der Waals surface area contributed by atoms with E-state index < -0.39 is 30.1 Å². The number of nitrogens with zero attached hydrogens (tertiary/aromatic N) is 4. The Morgan fingerprint density at radius 1 is 1.18 bits per heavy atom. The molecule has 5 rings (SSSR count). The molecule has 0 bridgehead atoms. The van der Waals surface area contributed by atoms with Gasteiger partial charge in [0.1, 0.15) is 24.6 Å². The summed E-state index contributed by atoms with van der Waals surface area (Å²) >= 11 is 0. The fourth-order valence-electron chi connectivity index (χ4n) is 5.24. The summed E-state index contributed by atoms with van der Waals surface area (Å²) < 4.78 is 46.4. The first-order chi connectivity index (χ1) is 21.2. The molecule has 0 radical (unpaired) electrons. The van der Waals surface area contributed by atoms with E-state index in [1.165, 1.54) is 13.0 Å². The number of carbonyl (C=O) groups excluding carboxylic acids is 1. The van der Waals surface area contributed by atoms with E-state index in [0.29, 0.717) is 62.2 Å². The van der Waals surface area contributed by atoms with E-state index in [1.807, 2.05) is 37.3 Å². The van der Waals surface area contributed by atoms with Gasteiger partial charge in [0.25, 0.3) is 0 Å². The second-order valence-electron chi connectivity index (χ2n) is 10.7. The predicted molar refractivity (Wildman–Crippen MR) is 156 cm³/mol. The van der Waals surface area contributed by atoms with Crippen LogP contribution in [-0.2, 0) is 19.1 Å². The molecule has 2 fully saturated rings. The van der Waals surface area contributed by atoms with Gasteiger partial charge in [-0.3, -0.25) is 14.9 Å². The van der Waals surface area contributed by atoms with Crippen LogP contribution in [0.1, 0.15) is 24.2 Å². The lowest BCUT2D eigenvalue weighted by molar-refractivity contribution is -0.154. The minimum absolute atomic E-state index is 0.0166. The van der Waals surface area contributed by atoms with Crippen LogP contribution in [0.5, 0.6) is 5.88 Å². The monoisotopic (exact) mass is 616 g/mol. The van der Waals surface area contributed by atoms with Gasteiger partial charge in [0.2, 0.25) is 11.8 Å². The molecule has 3 aromatic rings. The smallest absolute Gasteiger partial charge is 0.238 e. The van der Waals surface area contributed by atoms with Crippen LogP contribution in [0.4, 0.5) is 14.6 Å². The lowest BCUT2D eigenvalue weighted by Crippen LogP contribution is -2.47. The van der Waals surface area contributed by atoms with Gasteiger partial charge in [-0.05, 0) is 36.8 Å². The number of para-hydroxylation sites is 1. The van der Waals surface area contributed by atoms with Crippen molar-refractivity contribution in [3.63, 3.8) is 0 Å². The lowest BCUT2D eigenvalue weighted by Gasteiger charge is -2.31. The Kier molecular flexibility index (Phi) is 10.4. The van der Waals surface area contributed by atoms with E-state index in [4.69, 9.17) is 19.0 Å². The Bertz CT molecular complexity index is 1410. The summed E-state index contributed by atoms with van der Waals surface area (Å²) in [6, 6.07) is 12.5. The molecule has 2 unspecified atom stereocenters. The zero-order valence-electron chi connectivity index (χ0n) is 24.9. The highest BCUT2D eigenvalue weighted by Gasteiger charge is 2.37. The number of benzene rings is 2. The van der Waals surface area contributed by atoms with Crippen molar-refractivity contribution in [1.82, 2.24) is 25.1 Å². The Morgan fingerprint density at radius 3 is 2.70 bits per heavy atom. The van der Waals surface area contributed by atoms with Crippen LogP contribution >= 0.6 is 0 Å². The Balaban J connectivity index is 1.33. The average molecular weight is 617 g/mol. The predicted octanol–water partition coefficient (Wildman–Crippen LogP) is 2.37. The number of morpholine rings is 1.